The number of alkyl halides is 3. The first-order chi connectivity index (χ1) is 8.46. The molecule has 0 aliphatic rings. The van der Waals surface area contributed by atoms with Gasteiger partial charge in [-0.3, -0.25) is 4.98 Å². The summed E-state index contributed by atoms with van der Waals surface area (Å²) in [6, 6.07) is 9.25. The lowest BCUT2D eigenvalue weighted by molar-refractivity contribution is -0.125. The van der Waals surface area contributed by atoms with Gasteiger partial charge in [-0.05, 0) is 24.6 Å². The maximum atomic E-state index is 12.1. The number of para-hydroxylation sites is 1. The number of aryl methyl sites for hydroxylation is 1. The van der Waals surface area contributed by atoms with Gasteiger partial charge in [0.25, 0.3) is 0 Å². The monoisotopic (exact) mass is 254 g/mol. The van der Waals surface area contributed by atoms with E-state index in [2.05, 4.69) is 10.3 Å². The Labute approximate surface area is 103 Å². The van der Waals surface area contributed by atoms with Gasteiger partial charge in [-0.15, -0.1) is 0 Å². The van der Waals surface area contributed by atoms with Crippen LogP contribution in [0.5, 0.6) is 0 Å². The van der Waals surface area contributed by atoms with Crippen molar-refractivity contribution < 1.29 is 13.2 Å². The Balaban J connectivity index is 2.22. The molecule has 0 saturated carbocycles. The number of benzene rings is 1. The maximum absolute atomic E-state index is 12.1. The molecule has 0 atom stereocenters. The molecule has 1 heterocycles. The number of nitrogens with zero attached hydrogens (tertiary/aromatic N) is 1. The molecule has 0 bridgehead atoms. The zero-order chi connectivity index (χ0) is 13.2. The predicted octanol–water partition coefficient (Wildman–Crippen LogP) is 3.20. The lowest BCUT2D eigenvalue weighted by Crippen LogP contribution is -2.28. The van der Waals surface area contributed by atoms with Crippen molar-refractivity contribution in [3.05, 3.63) is 41.6 Å². The highest BCUT2D eigenvalue weighted by molar-refractivity contribution is 5.82. The quantitative estimate of drug-likeness (QED) is 0.909. The second-order valence-electron chi connectivity index (χ2n) is 4.16. The molecule has 96 valence electrons. The standard InChI is InChI=1S/C13H13F3N2/c1-9-6-10(7-17-8-13(14,15)16)11-4-2-3-5-12(11)18-9/h2-6,17H,7-8H2,1H3. The van der Waals surface area contributed by atoms with Crippen molar-refractivity contribution in [2.45, 2.75) is 19.6 Å². The normalized spacial score (nSPS) is 12.0. The number of halogens is 3. The number of fused-ring (bicyclic) bond motifs is 1. The Kier molecular flexibility index (Phi) is 3.52. The van der Waals surface area contributed by atoms with E-state index in [1.807, 2.05) is 37.3 Å². The van der Waals surface area contributed by atoms with Crippen LogP contribution in [0.15, 0.2) is 30.3 Å². The van der Waals surface area contributed by atoms with Gasteiger partial charge in [0.2, 0.25) is 0 Å². The fourth-order valence-electron chi connectivity index (χ4n) is 1.88. The SMILES string of the molecule is Cc1cc(CNCC(F)(F)F)c2ccccc2n1. The molecule has 18 heavy (non-hydrogen) atoms. The van der Waals surface area contributed by atoms with Crippen molar-refractivity contribution in [3.8, 4) is 0 Å². The fraction of sp³-hybridized carbons (Fsp3) is 0.308. The van der Waals surface area contributed by atoms with E-state index < -0.39 is 12.7 Å². The van der Waals surface area contributed by atoms with Crippen LogP contribution in [0.3, 0.4) is 0 Å². The molecule has 0 unspecified atom stereocenters. The summed E-state index contributed by atoms with van der Waals surface area (Å²) in [6.45, 7) is 1.03. The number of hydrogen-bond donors (Lipinski definition) is 1. The molecule has 0 aliphatic heterocycles. The first-order valence-electron chi connectivity index (χ1n) is 5.58. The van der Waals surface area contributed by atoms with Gasteiger partial charge in [-0.25, -0.2) is 0 Å². The summed E-state index contributed by atoms with van der Waals surface area (Å²) in [7, 11) is 0. The third-order valence-electron chi connectivity index (χ3n) is 2.57. The summed E-state index contributed by atoms with van der Waals surface area (Å²) in [5.74, 6) is 0. The second-order valence-corrected chi connectivity index (χ2v) is 4.16. The van der Waals surface area contributed by atoms with E-state index in [4.69, 9.17) is 0 Å². The Morgan fingerprint density at radius 2 is 1.94 bits per heavy atom. The molecular weight excluding hydrogens is 241 g/mol. The number of aromatic nitrogens is 1. The molecular formula is C13H13F3N2. The van der Waals surface area contributed by atoms with Gasteiger partial charge in [-0.1, -0.05) is 18.2 Å². The van der Waals surface area contributed by atoms with E-state index in [1.54, 1.807) is 0 Å². The fourth-order valence-corrected chi connectivity index (χ4v) is 1.88. The minimum Gasteiger partial charge on any atom is -0.305 e. The van der Waals surface area contributed by atoms with E-state index in [0.29, 0.717) is 0 Å². The third kappa shape index (κ3) is 3.20. The summed E-state index contributed by atoms with van der Waals surface area (Å²) >= 11 is 0. The van der Waals surface area contributed by atoms with Crippen LogP contribution in [0.4, 0.5) is 13.2 Å². The van der Waals surface area contributed by atoms with Crippen molar-refractivity contribution in [3.63, 3.8) is 0 Å². The largest absolute Gasteiger partial charge is 0.401 e. The van der Waals surface area contributed by atoms with Crippen LogP contribution >= 0.6 is 0 Å². The van der Waals surface area contributed by atoms with Crippen molar-refractivity contribution in [1.29, 1.82) is 0 Å². The van der Waals surface area contributed by atoms with Crippen LogP contribution in [0.1, 0.15) is 11.3 Å². The van der Waals surface area contributed by atoms with Gasteiger partial charge < -0.3 is 5.32 Å². The molecule has 0 aliphatic carbocycles. The summed E-state index contributed by atoms with van der Waals surface area (Å²) in [6.07, 6.45) is -4.18. The molecule has 2 nitrogen and oxygen atoms in total. The summed E-state index contributed by atoms with van der Waals surface area (Å²) in [4.78, 5) is 4.34. The highest BCUT2D eigenvalue weighted by Gasteiger charge is 2.26. The van der Waals surface area contributed by atoms with Gasteiger partial charge in [-0.2, -0.15) is 13.2 Å². The Morgan fingerprint density at radius 3 is 2.67 bits per heavy atom. The van der Waals surface area contributed by atoms with Crippen molar-refractivity contribution in [1.82, 2.24) is 10.3 Å². The van der Waals surface area contributed by atoms with Crippen LogP contribution in [0.25, 0.3) is 10.9 Å². The first-order valence-corrected chi connectivity index (χ1v) is 5.58. The molecule has 1 aromatic heterocycles. The molecule has 0 fully saturated rings. The first kappa shape index (κ1) is 12.8. The van der Waals surface area contributed by atoms with Crippen molar-refractivity contribution in [2.24, 2.45) is 0 Å². The van der Waals surface area contributed by atoms with Crippen molar-refractivity contribution >= 4 is 10.9 Å². The summed E-state index contributed by atoms with van der Waals surface area (Å²) in [5.41, 5.74) is 2.45. The molecule has 2 rings (SSSR count). The van der Waals surface area contributed by atoms with E-state index in [9.17, 15) is 13.2 Å². The molecule has 0 radical (unpaired) electrons. The third-order valence-corrected chi connectivity index (χ3v) is 2.57. The van der Waals surface area contributed by atoms with Gasteiger partial charge in [0.1, 0.15) is 0 Å². The van der Waals surface area contributed by atoms with Crippen LogP contribution in [-0.4, -0.2) is 17.7 Å². The lowest BCUT2D eigenvalue weighted by Gasteiger charge is -2.10. The number of hydrogen-bond acceptors (Lipinski definition) is 2. The summed E-state index contributed by atoms with van der Waals surface area (Å²) in [5, 5.41) is 3.30. The highest BCUT2D eigenvalue weighted by Crippen LogP contribution is 2.18. The molecule has 2 aromatic rings. The zero-order valence-electron chi connectivity index (χ0n) is 9.88. The van der Waals surface area contributed by atoms with Gasteiger partial charge in [0.15, 0.2) is 0 Å². The van der Waals surface area contributed by atoms with Crippen LogP contribution in [0, 0.1) is 6.92 Å². The molecule has 0 amide bonds. The van der Waals surface area contributed by atoms with E-state index >= 15 is 0 Å². The number of pyridine rings is 1. The van der Waals surface area contributed by atoms with E-state index in [0.717, 1.165) is 22.2 Å². The topological polar surface area (TPSA) is 24.9 Å². The van der Waals surface area contributed by atoms with E-state index in [1.165, 1.54) is 0 Å². The average molecular weight is 254 g/mol. The average Bonchev–Trinajstić information content (AvgIpc) is 2.27. The zero-order valence-corrected chi connectivity index (χ0v) is 9.88. The van der Waals surface area contributed by atoms with Crippen molar-refractivity contribution in [2.75, 3.05) is 6.54 Å². The predicted molar refractivity (Wildman–Crippen MR) is 64.2 cm³/mol. The van der Waals surface area contributed by atoms with Crippen LogP contribution < -0.4 is 5.32 Å². The Bertz CT molecular complexity index is 549. The van der Waals surface area contributed by atoms with Crippen LogP contribution in [-0.2, 0) is 6.54 Å². The highest BCUT2D eigenvalue weighted by atomic mass is 19.4. The van der Waals surface area contributed by atoms with Crippen LogP contribution in [0.2, 0.25) is 0 Å². The number of nitrogens with one attached hydrogen (secondary N) is 1. The maximum Gasteiger partial charge on any atom is 0.401 e. The number of rotatable bonds is 3. The molecule has 0 saturated heterocycles. The summed E-state index contributed by atoms with van der Waals surface area (Å²) < 4.78 is 36.2. The molecule has 1 N–H and O–H groups in total. The van der Waals surface area contributed by atoms with Gasteiger partial charge in [0, 0.05) is 17.6 Å². The second kappa shape index (κ2) is 4.94. The smallest absolute Gasteiger partial charge is 0.305 e. The molecule has 5 heteroatoms. The van der Waals surface area contributed by atoms with Gasteiger partial charge in [0.05, 0.1) is 12.1 Å². The Morgan fingerprint density at radius 1 is 1.22 bits per heavy atom. The van der Waals surface area contributed by atoms with E-state index in [-0.39, 0.29) is 6.54 Å². The lowest BCUT2D eigenvalue weighted by atomic mass is 10.1. The van der Waals surface area contributed by atoms with Gasteiger partial charge >= 0.3 is 6.18 Å². The Hall–Kier alpha value is -1.62. The minimum absolute atomic E-state index is 0.184. The molecule has 1 aromatic carbocycles. The minimum atomic E-state index is -4.18. The molecule has 0 spiro atoms.